The molecule has 0 amide bonds. The van der Waals surface area contributed by atoms with Gasteiger partial charge in [-0.05, 0) is 6.42 Å². The normalized spacial score (nSPS) is 13.2. The van der Waals surface area contributed by atoms with Crippen molar-refractivity contribution in [2.75, 3.05) is 19.5 Å². The van der Waals surface area contributed by atoms with Crippen molar-refractivity contribution in [1.29, 1.82) is 0 Å². The Labute approximate surface area is 75.5 Å². The van der Waals surface area contributed by atoms with Crippen molar-refractivity contribution in [3.05, 3.63) is 11.1 Å². The minimum Gasteiger partial charge on any atom is -0.385 e. The average molecular weight is 187 g/mol. The standard InChI is InChI=1S/C7H13N3OS/c1-11-3-2-5(8)6-4-12-7(9)10-6/h4-5H,2-3,8H2,1H3,(H2,9,10). The van der Waals surface area contributed by atoms with Crippen molar-refractivity contribution in [2.45, 2.75) is 12.5 Å². The summed E-state index contributed by atoms with van der Waals surface area (Å²) in [5.74, 6) is 0. The van der Waals surface area contributed by atoms with Crippen molar-refractivity contribution >= 4 is 16.5 Å². The third-order valence-corrected chi connectivity index (χ3v) is 2.24. The van der Waals surface area contributed by atoms with E-state index < -0.39 is 0 Å². The van der Waals surface area contributed by atoms with Crippen LogP contribution in [0.3, 0.4) is 0 Å². The molecule has 0 aromatic carbocycles. The molecule has 0 radical (unpaired) electrons. The predicted octanol–water partition coefficient (Wildman–Crippen LogP) is 0.762. The van der Waals surface area contributed by atoms with Crippen LogP contribution in [0, 0.1) is 0 Å². The van der Waals surface area contributed by atoms with Gasteiger partial charge in [-0.3, -0.25) is 0 Å². The highest BCUT2D eigenvalue weighted by Crippen LogP contribution is 2.18. The fourth-order valence-electron chi connectivity index (χ4n) is 0.864. The summed E-state index contributed by atoms with van der Waals surface area (Å²) in [7, 11) is 1.65. The highest BCUT2D eigenvalue weighted by molar-refractivity contribution is 7.13. The van der Waals surface area contributed by atoms with E-state index in [1.165, 1.54) is 11.3 Å². The lowest BCUT2D eigenvalue weighted by Gasteiger charge is -2.06. The van der Waals surface area contributed by atoms with Crippen molar-refractivity contribution in [1.82, 2.24) is 4.98 Å². The van der Waals surface area contributed by atoms with Crippen LogP contribution in [0.25, 0.3) is 0 Å². The van der Waals surface area contributed by atoms with Gasteiger partial charge in [0.1, 0.15) is 0 Å². The number of anilines is 1. The van der Waals surface area contributed by atoms with Gasteiger partial charge in [-0.2, -0.15) is 0 Å². The molecule has 1 atom stereocenters. The molecule has 0 bridgehead atoms. The van der Waals surface area contributed by atoms with Gasteiger partial charge in [0.05, 0.1) is 11.7 Å². The first-order valence-corrected chi connectivity index (χ1v) is 4.57. The molecule has 1 unspecified atom stereocenters. The molecule has 4 N–H and O–H groups in total. The number of methoxy groups -OCH3 is 1. The third-order valence-electron chi connectivity index (χ3n) is 1.55. The fourth-order valence-corrected chi connectivity index (χ4v) is 1.49. The van der Waals surface area contributed by atoms with Crippen LogP contribution in [0.4, 0.5) is 5.13 Å². The molecular formula is C7H13N3OS. The Morgan fingerprint density at radius 1 is 1.75 bits per heavy atom. The molecule has 0 aliphatic carbocycles. The number of hydrogen-bond acceptors (Lipinski definition) is 5. The van der Waals surface area contributed by atoms with E-state index in [9.17, 15) is 0 Å². The summed E-state index contributed by atoms with van der Waals surface area (Å²) in [5, 5.41) is 2.45. The SMILES string of the molecule is COCCC(N)c1csc(N)n1. The van der Waals surface area contributed by atoms with Gasteiger partial charge in [0.25, 0.3) is 0 Å². The van der Waals surface area contributed by atoms with Crippen LogP contribution in [-0.2, 0) is 4.74 Å². The van der Waals surface area contributed by atoms with Gasteiger partial charge in [-0.15, -0.1) is 11.3 Å². The molecule has 4 nitrogen and oxygen atoms in total. The molecule has 1 heterocycles. The van der Waals surface area contributed by atoms with E-state index in [2.05, 4.69) is 4.98 Å². The molecule has 0 aliphatic heterocycles. The van der Waals surface area contributed by atoms with Gasteiger partial charge in [-0.1, -0.05) is 0 Å². The maximum atomic E-state index is 5.80. The largest absolute Gasteiger partial charge is 0.385 e. The minimum absolute atomic E-state index is 0.0569. The second-order valence-electron chi connectivity index (χ2n) is 2.50. The van der Waals surface area contributed by atoms with Gasteiger partial charge < -0.3 is 16.2 Å². The monoisotopic (exact) mass is 187 g/mol. The van der Waals surface area contributed by atoms with Crippen LogP contribution < -0.4 is 11.5 Å². The number of aromatic nitrogens is 1. The summed E-state index contributed by atoms with van der Waals surface area (Å²) < 4.78 is 4.91. The van der Waals surface area contributed by atoms with E-state index in [1.54, 1.807) is 7.11 Å². The first kappa shape index (κ1) is 9.44. The number of hydrogen-bond donors (Lipinski definition) is 2. The molecule has 0 aliphatic rings. The Balaban J connectivity index is 2.47. The van der Waals surface area contributed by atoms with Gasteiger partial charge in [0.2, 0.25) is 0 Å². The van der Waals surface area contributed by atoms with Gasteiger partial charge in [-0.25, -0.2) is 4.98 Å². The maximum Gasteiger partial charge on any atom is 0.180 e. The van der Waals surface area contributed by atoms with Crippen LogP contribution in [-0.4, -0.2) is 18.7 Å². The second kappa shape index (κ2) is 4.39. The van der Waals surface area contributed by atoms with E-state index in [0.717, 1.165) is 12.1 Å². The Kier molecular flexibility index (Phi) is 3.46. The predicted molar refractivity (Wildman–Crippen MR) is 49.9 cm³/mol. The van der Waals surface area contributed by atoms with Crippen molar-refractivity contribution in [3.63, 3.8) is 0 Å². The van der Waals surface area contributed by atoms with Crippen molar-refractivity contribution in [3.8, 4) is 0 Å². The number of thiazole rings is 1. The number of rotatable bonds is 4. The van der Waals surface area contributed by atoms with Crippen LogP contribution in [0.2, 0.25) is 0 Å². The van der Waals surface area contributed by atoms with E-state index >= 15 is 0 Å². The molecule has 0 saturated carbocycles. The topological polar surface area (TPSA) is 74.2 Å². The van der Waals surface area contributed by atoms with Crippen LogP contribution in [0.1, 0.15) is 18.2 Å². The quantitative estimate of drug-likeness (QED) is 0.730. The smallest absolute Gasteiger partial charge is 0.180 e. The highest BCUT2D eigenvalue weighted by Gasteiger charge is 2.08. The second-order valence-corrected chi connectivity index (χ2v) is 3.39. The van der Waals surface area contributed by atoms with E-state index in [-0.39, 0.29) is 6.04 Å². The van der Waals surface area contributed by atoms with E-state index in [1.807, 2.05) is 5.38 Å². The Morgan fingerprint density at radius 2 is 2.50 bits per heavy atom. The summed E-state index contributed by atoms with van der Waals surface area (Å²) in [5.41, 5.74) is 12.1. The molecule has 5 heteroatoms. The van der Waals surface area contributed by atoms with Crippen molar-refractivity contribution < 1.29 is 4.74 Å². The first-order chi connectivity index (χ1) is 5.74. The van der Waals surface area contributed by atoms with E-state index in [0.29, 0.717) is 11.7 Å². The zero-order valence-electron chi connectivity index (χ0n) is 6.99. The molecule has 1 aromatic heterocycles. The van der Waals surface area contributed by atoms with Gasteiger partial charge >= 0.3 is 0 Å². The summed E-state index contributed by atoms with van der Waals surface area (Å²) in [6, 6.07) is -0.0569. The summed E-state index contributed by atoms with van der Waals surface area (Å²) >= 11 is 1.41. The molecule has 12 heavy (non-hydrogen) atoms. The van der Waals surface area contributed by atoms with Crippen molar-refractivity contribution in [2.24, 2.45) is 5.73 Å². The maximum absolute atomic E-state index is 5.80. The van der Waals surface area contributed by atoms with Crippen LogP contribution in [0.5, 0.6) is 0 Å². The first-order valence-electron chi connectivity index (χ1n) is 3.69. The van der Waals surface area contributed by atoms with Crippen LogP contribution >= 0.6 is 11.3 Å². The summed E-state index contributed by atoms with van der Waals surface area (Å²) in [6.07, 6.45) is 0.777. The average Bonchev–Trinajstić information content (AvgIpc) is 2.47. The van der Waals surface area contributed by atoms with E-state index in [4.69, 9.17) is 16.2 Å². The molecule has 68 valence electrons. The number of nitrogens with two attached hydrogens (primary N) is 2. The Morgan fingerprint density at radius 3 is 3.00 bits per heavy atom. The number of nitrogen functional groups attached to an aromatic ring is 1. The lowest BCUT2D eigenvalue weighted by atomic mass is 10.2. The zero-order valence-corrected chi connectivity index (χ0v) is 7.80. The summed E-state index contributed by atoms with van der Waals surface area (Å²) in [6.45, 7) is 0.651. The Bertz CT molecular complexity index is 238. The lowest BCUT2D eigenvalue weighted by Crippen LogP contribution is -2.13. The lowest BCUT2D eigenvalue weighted by molar-refractivity contribution is 0.188. The number of ether oxygens (including phenoxy) is 1. The van der Waals surface area contributed by atoms with Gasteiger partial charge in [0, 0.05) is 19.1 Å². The molecule has 1 rings (SSSR count). The summed E-state index contributed by atoms with van der Waals surface area (Å²) in [4.78, 5) is 4.08. The molecule has 0 fully saturated rings. The highest BCUT2D eigenvalue weighted by atomic mass is 32.1. The molecule has 1 aromatic rings. The molecular weight excluding hydrogens is 174 g/mol. The zero-order chi connectivity index (χ0) is 8.97. The van der Waals surface area contributed by atoms with Gasteiger partial charge in [0.15, 0.2) is 5.13 Å². The minimum atomic E-state index is -0.0569. The molecule has 0 saturated heterocycles. The third kappa shape index (κ3) is 2.44. The number of nitrogens with zero attached hydrogens (tertiary/aromatic N) is 1. The van der Waals surface area contributed by atoms with Crippen LogP contribution in [0.15, 0.2) is 5.38 Å². The fraction of sp³-hybridized carbons (Fsp3) is 0.571. The Hall–Kier alpha value is -0.650. The molecule has 0 spiro atoms.